The molecule has 29 heavy (non-hydrogen) atoms. The molecule has 8 heteroatoms. The van der Waals surface area contributed by atoms with Crippen molar-refractivity contribution in [3.8, 4) is 0 Å². The summed E-state index contributed by atoms with van der Waals surface area (Å²) in [7, 11) is 1.70. The Labute approximate surface area is 183 Å². The van der Waals surface area contributed by atoms with Gasteiger partial charge in [0.05, 0.1) is 34.9 Å². The van der Waals surface area contributed by atoms with E-state index in [-0.39, 0.29) is 12.1 Å². The number of benzene rings is 1. The second kappa shape index (κ2) is 9.29. The molecular weight excluding hydrogens is 411 g/mol. The van der Waals surface area contributed by atoms with Crippen molar-refractivity contribution in [1.82, 2.24) is 15.1 Å². The Morgan fingerprint density at radius 2 is 1.90 bits per heavy atom. The topological polar surface area (TPSA) is 48.1 Å². The van der Waals surface area contributed by atoms with Crippen molar-refractivity contribution < 1.29 is 9.53 Å². The fraction of sp³-hybridized carbons (Fsp3) is 0.667. The quantitative estimate of drug-likeness (QED) is 0.736. The molecule has 0 unspecified atom stereocenters. The summed E-state index contributed by atoms with van der Waals surface area (Å²) in [6, 6.07) is 6.24. The monoisotopic (exact) mass is 440 g/mol. The second-order valence-corrected chi connectivity index (χ2v) is 9.22. The number of anilines is 1. The number of carbonyl (C=O) groups is 1. The molecule has 1 aromatic rings. The second-order valence-electron chi connectivity index (χ2n) is 8.44. The molecule has 0 atom stereocenters. The summed E-state index contributed by atoms with van der Waals surface area (Å²) in [4.78, 5) is 18.8. The summed E-state index contributed by atoms with van der Waals surface area (Å²) in [5, 5.41) is 4.42. The van der Waals surface area contributed by atoms with Gasteiger partial charge in [-0.05, 0) is 43.9 Å². The van der Waals surface area contributed by atoms with Crippen LogP contribution in [0, 0.1) is 5.92 Å². The number of hydrogen-bond acceptors (Lipinski definition) is 4. The van der Waals surface area contributed by atoms with Gasteiger partial charge in [0.25, 0.3) is 0 Å². The highest BCUT2D eigenvalue weighted by Crippen LogP contribution is 2.33. The van der Waals surface area contributed by atoms with Crippen LogP contribution in [0.3, 0.4) is 0 Å². The van der Waals surface area contributed by atoms with Gasteiger partial charge in [-0.3, -0.25) is 4.90 Å². The number of likely N-dealkylation sites (tertiary alicyclic amines) is 1. The van der Waals surface area contributed by atoms with E-state index in [0.717, 1.165) is 57.2 Å². The summed E-state index contributed by atoms with van der Waals surface area (Å²) >= 11 is 12.5. The first-order valence-electron chi connectivity index (χ1n) is 10.5. The lowest BCUT2D eigenvalue weighted by molar-refractivity contribution is -0.00934. The van der Waals surface area contributed by atoms with Crippen LogP contribution in [0.1, 0.15) is 19.3 Å². The van der Waals surface area contributed by atoms with Crippen LogP contribution in [0.5, 0.6) is 0 Å². The van der Waals surface area contributed by atoms with E-state index in [0.29, 0.717) is 29.2 Å². The molecule has 1 aromatic carbocycles. The van der Waals surface area contributed by atoms with E-state index in [9.17, 15) is 4.79 Å². The number of ether oxygens (including phenoxy) is 1. The molecule has 6 nitrogen and oxygen atoms in total. The van der Waals surface area contributed by atoms with Crippen LogP contribution in [-0.2, 0) is 4.74 Å². The molecule has 3 fully saturated rings. The van der Waals surface area contributed by atoms with Crippen molar-refractivity contribution in [2.24, 2.45) is 5.92 Å². The highest BCUT2D eigenvalue weighted by molar-refractivity contribution is 6.43. The van der Waals surface area contributed by atoms with Gasteiger partial charge < -0.3 is 19.9 Å². The van der Waals surface area contributed by atoms with E-state index in [1.54, 1.807) is 7.11 Å². The molecule has 160 valence electrons. The molecule has 2 aliphatic heterocycles. The molecule has 0 aromatic heterocycles. The molecule has 1 aliphatic carbocycles. The van der Waals surface area contributed by atoms with Gasteiger partial charge in [-0.15, -0.1) is 0 Å². The van der Waals surface area contributed by atoms with Gasteiger partial charge in [0.1, 0.15) is 0 Å². The third kappa shape index (κ3) is 4.93. The summed E-state index contributed by atoms with van der Waals surface area (Å²) in [6.07, 6.45) is 3.63. The highest BCUT2D eigenvalue weighted by Gasteiger charge is 2.35. The minimum Gasteiger partial charge on any atom is -0.378 e. The number of rotatable bonds is 6. The molecule has 0 radical (unpaired) electrons. The molecule has 2 heterocycles. The molecular formula is C21H30Cl2N4O2. The van der Waals surface area contributed by atoms with Crippen molar-refractivity contribution >= 4 is 34.9 Å². The first-order chi connectivity index (χ1) is 14.0. The Morgan fingerprint density at radius 1 is 1.17 bits per heavy atom. The third-order valence-corrected chi connectivity index (χ3v) is 7.34. The Kier molecular flexibility index (Phi) is 6.74. The fourth-order valence-electron chi connectivity index (χ4n) is 4.42. The number of carbonyl (C=O) groups excluding carboxylic acids is 1. The zero-order valence-electron chi connectivity index (χ0n) is 16.9. The van der Waals surface area contributed by atoms with Crippen molar-refractivity contribution in [3.05, 3.63) is 28.2 Å². The third-order valence-electron chi connectivity index (χ3n) is 6.53. The molecule has 3 aliphatic rings. The predicted molar refractivity (Wildman–Crippen MR) is 117 cm³/mol. The van der Waals surface area contributed by atoms with E-state index in [2.05, 4.69) is 15.1 Å². The number of nitrogens with one attached hydrogen (secondary N) is 1. The van der Waals surface area contributed by atoms with Gasteiger partial charge in [-0.2, -0.15) is 0 Å². The summed E-state index contributed by atoms with van der Waals surface area (Å²) in [6.45, 7) is 6.60. The van der Waals surface area contributed by atoms with Gasteiger partial charge >= 0.3 is 6.03 Å². The summed E-state index contributed by atoms with van der Waals surface area (Å²) in [5.74, 6) is 0.726. The van der Waals surface area contributed by atoms with Gasteiger partial charge in [0.2, 0.25) is 0 Å². The van der Waals surface area contributed by atoms with Crippen LogP contribution in [0.4, 0.5) is 10.5 Å². The van der Waals surface area contributed by atoms with Crippen LogP contribution in [-0.4, -0.2) is 80.9 Å². The van der Waals surface area contributed by atoms with Crippen LogP contribution in [0.2, 0.25) is 10.0 Å². The first-order valence-corrected chi connectivity index (χ1v) is 11.3. The maximum absolute atomic E-state index is 12.1. The van der Waals surface area contributed by atoms with E-state index in [1.807, 2.05) is 23.1 Å². The molecule has 2 amide bonds. The first kappa shape index (κ1) is 21.0. The molecule has 4 rings (SSSR count). The number of urea groups is 1. The smallest absolute Gasteiger partial charge is 0.317 e. The fourth-order valence-corrected chi connectivity index (χ4v) is 4.84. The van der Waals surface area contributed by atoms with Gasteiger partial charge in [-0.1, -0.05) is 29.3 Å². The largest absolute Gasteiger partial charge is 0.378 e. The Balaban J connectivity index is 1.11. The number of piperazine rings is 1. The molecule has 2 saturated heterocycles. The van der Waals surface area contributed by atoms with Crippen molar-refractivity contribution in [1.29, 1.82) is 0 Å². The molecule has 0 spiro atoms. The van der Waals surface area contributed by atoms with E-state index in [1.165, 1.54) is 6.42 Å². The van der Waals surface area contributed by atoms with Crippen molar-refractivity contribution in [2.45, 2.75) is 31.4 Å². The Hall–Kier alpha value is -1.21. The normalized spacial score (nSPS) is 25.5. The van der Waals surface area contributed by atoms with Gasteiger partial charge in [-0.25, -0.2) is 4.79 Å². The lowest BCUT2D eigenvalue weighted by Crippen LogP contribution is -2.60. The van der Waals surface area contributed by atoms with Crippen molar-refractivity contribution in [3.63, 3.8) is 0 Å². The lowest BCUT2D eigenvalue weighted by Gasteiger charge is -2.42. The van der Waals surface area contributed by atoms with Crippen LogP contribution < -0.4 is 10.2 Å². The Bertz CT molecular complexity index is 715. The van der Waals surface area contributed by atoms with E-state index in [4.69, 9.17) is 27.9 Å². The summed E-state index contributed by atoms with van der Waals surface area (Å²) < 4.78 is 5.22. The SMILES string of the molecule is COC1CN(C(=O)N[C@H]2C[C@@H](CCN3CCN(c4cccc(Cl)c4Cl)CC3)C2)C1. The van der Waals surface area contributed by atoms with Crippen LogP contribution >= 0.6 is 23.2 Å². The molecule has 1 saturated carbocycles. The maximum Gasteiger partial charge on any atom is 0.317 e. The van der Waals surface area contributed by atoms with E-state index < -0.39 is 0 Å². The standard InChI is InChI=1S/C21H30Cl2N4O2/c1-29-17-13-27(14-17)21(28)24-16-11-15(12-16)5-6-25-7-9-26(10-8-25)19-4-2-3-18(22)20(19)23/h2-4,15-17H,5-14H2,1H3,(H,24,28)/t15-,16+. The van der Waals surface area contributed by atoms with Crippen molar-refractivity contribution in [2.75, 3.05) is 57.8 Å². The van der Waals surface area contributed by atoms with Crippen LogP contribution in [0.25, 0.3) is 0 Å². The number of hydrogen-bond donors (Lipinski definition) is 1. The lowest BCUT2D eigenvalue weighted by atomic mass is 9.78. The Morgan fingerprint density at radius 3 is 2.59 bits per heavy atom. The zero-order chi connectivity index (χ0) is 20.4. The van der Waals surface area contributed by atoms with E-state index >= 15 is 0 Å². The molecule has 0 bridgehead atoms. The van der Waals surface area contributed by atoms with Gasteiger partial charge in [0.15, 0.2) is 0 Å². The minimum absolute atomic E-state index is 0.0672. The number of methoxy groups -OCH3 is 1. The molecule has 1 N–H and O–H groups in total. The average Bonchev–Trinajstić information content (AvgIpc) is 2.65. The highest BCUT2D eigenvalue weighted by atomic mass is 35.5. The minimum atomic E-state index is 0.0672. The number of halogens is 2. The number of amides is 2. The number of nitrogens with zero attached hydrogens (tertiary/aromatic N) is 3. The van der Waals surface area contributed by atoms with Crippen LogP contribution in [0.15, 0.2) is 18.2 Å². The summed E-state index contributed by atoms with van der Waals surface area (Å²) in [5.41, 5.74) is 1.04. The van der Waals surface area contributed by atoms with Gasteiger partial charge in [0, 0.05) is 39.3 Å². The predicted octanol–water partition coefficient (Wildman–Crippen LogP) is 3.32. The average molecular weight is 441 g/mol. The maximum atomic E-state index is 12.1. The zero-order valence-corrected chi connectivity index (χ0v) is 18.5.